The molecule has 150 valence electrons. The zero-order chi connectivity index (χ0) is 20.9. The summed E-state index contributed by atoms with van der Waals surface area (Å²) in [6.07, 6.45) is 5.04. The summed E-state index contributed by atoms with van der Waals surface area (Å²) >= 11 is 0. The van der Waals surface area contributed by atoms with E-state index < -0.39 is 0 Å². The minimum atomic E-state index is -0.103. The Kier molecular flexibility index (Phi) is 5.61. The molecular formula is C23H22N6O. The van der Waals surface area contributed by atoms with Crippen LogP contribution in [0.25, 0.3) is 10.9 Å². The maximum Gasteiger partial charge on any atom is 0.255 e. The number of carbonyl (C=O) groups excluding carboxylic acids is 1. The zero-order valence-electron chi connectivity index (χ0n) is 16.9. The molecule has 3 heterocycles. The van der Waals surface area contributed by atoms with E-state index in [0.29, 0.717) is 24.5 Å². The van der Waals surface area contributed by atoms with Crippen LogP contribution in [-0.4, -0.2) is 37.8 Å². The van der Waals surface area contributed by atoms with Gasteiger partial charge in [0.25, 0.3) is 5.91 Å². The molecule has 1 aromatic carbocycles. The lowest BCUT2D eigenvalue weighted by molar-refractivity contribution is 0.0783. The van der Waals surface area contributed by atoms with Gasteiger partial charge in [-0.2, -0.15) is 0 Å². The molecule has 0 atom stereocenters. The summed E-state index contributed by atoms with van der Waals surface area (Å²) in [5.74, 6) is 0.571. The van der Waals surface area contributed by atoms with Crippen LogP contribution in [0, 0.1) is 6.92 Å². The molecule has 0 aliphatic carbocycles. The minimum absolute atomic E-state index is 0.103. The Morgan fingerprint density at radius 2 is 1.80 bits per heavy atom. The molecule has 0 unspecified atom stereocenters. The number of aromatic nitrogens is 4. The number of fused-ring (bicyclic) bond motifs is 1. The molecule has 0 spiro atoms. The number of pyridine rings is 2. The van der Waals surface area contributed by atoms with Crippen LogP contribution in [0.4, 0.5) is 5.82 Å². The molecule has 0 saturated carbocycles. The third-order valence-corrected chi connectivity index (χ3v) is 4.70. The highest BCUT2D eigenvalue weighted by Gasteiger charge is 2.13. The van der Waals surface area contributed by atoms with Gasteiger partial charge in [0.15, 0.2) is 0 Å². The number of aryl methyl sites for hydroxylation is 1. The van der Waals surface area contributed by atoms with Gasteiger partial charge >= 0.3 is 0 Å². The predicted molar refractivity (Wildman–Crippen MR) is 116 cm³/mol. The number of para-hydroxylation sites is 1. The van der Waals surface area contributed by atoms with Crippen LogP contribution in [0.5, 0.6) is 0 Å². The maximum absolute atomic E-state index is 12.8. The maximum atomic E-state index is 12.8. The van der Waals surface area contributed by atoms with Crippen molar-refractivity contribution in [2.45, 2.75) is 20.0 Å². The summed E-state index contributed by atoms with van der Waals surface area (Å²) in [6, 6.07) is 15.5. The summed E-state index contributed by atoms with van der Waals surface area (Å²) in [5.41, 5.74) is 3.99. The molecule has 0 bridgehead atoms. The number of benzene rings is 1. The monoisotopic (exact) mass is 398 g/mol. The molecule has 1 N–H and O–H groups in total. The third-order valence-electron chi connectivity index (χ3n) is 4.70. The highest BCUT2D eigenvalue weighted by Crippen LogP contribution is 2.14. The number of carbonyl (C=O) groups is 1. The van der Waals surface area contributed by atoms with E-state index in [1.54, 1.807) is 42.7 Å². The van der Waals surface area contributed by atoms with E-state index in [1.165, 1.54) is 0 Å². The Balaban J connectivity index is 1.37. The molecule has 7 heteroatoms. The lowest BCUT2D eigenvalue weighted by Crippen LogP contribution is -2.26. The first-order valence-electron chi connectivity index (χ1n) is 9.66. The van der Waals surface area contributed by atoms with Crippen molar-refractivity contribution in [3.63, 3.8) is 0 Å². The normalized spacial score (nSPS) is 10.7. The molecular weight excluding hydrogens is 376 g/mol. The van der Waals surface area contributed by atoms with Gasteiger partial charge in [0.1, 0.15) is 5.82 Å². The fourth-order valence-corrected chi connectivity index (χ4v) is 3.05. The summed E-state index contributed by atoms with van der Waals surface area (Å²) in [4.78, 5) is 31.9. The molecule has 7 nitrogen and oxygen atoms in total. The van der Waals surface area contributed by atoms with Gasteiger partial charge in [-0.05, 0) is 31.2 Å². The highest BCUT2D eigenvalue weighted by molar-refractivity contribution is 5.93. The molecule has 1 amide bonds. The van der Waals surface area contributed by atoms with Crippen molar-refractivity contribution in [3.05, 3.63) is 89.8 Å². The van der Waals surface area contributed by atoms with Crippen molar-refractivity contribution >= 4 is 22.6 Å². The van der Waals surface area contributed by atoms with Crippen LogP contribution >= 0.6 is 0 Å². The Morgan fingerprint density at radius 3 is 2.57 bits per heavy atom. The second kappa shape index (κ2) is 8.65. The second-order valence-electron chi connectivity index (χ2n) is 7.09. The van der Waals surface area contributed by atoms with Crippen LogP contribution in [0.1, 0.15) is 27.4 Å². The molecule has 0 aliphatic heterocycles. The van der Waals surface area contributed by atoms with Crippen LogP contribution in [0.15, 0.2) is 67.1 Å². The number of nitrogens with one attached hydrogen (secondary N) is 1. The SMILES string of the molecule is Cc1cnc(CNc2ccc(C(=O)N(C)Cc3ccc4ccccc4n3)cn2)cn1. The smallest absolute Gasteiger partial charge is 0.255 e. The number of hydrogen-bond acceptors (Lipinski definition) is 6. The number of nitrogens with zero attached hydrogens (tertiary/aromatic N) is 5. The lowest BCUT2D eigenvalue weighted by atomic mass is 10.2. The van der Waals surface area contributed by atoms with Gasteiger partial charge in [-0.1, -0.05) is 24.3 Å². The molecule has 4 aromatic rings. The molecule has 30 heavy (non-hydrogen) atoms. The van der Waals surface area contributed by atoms with Crippen LogP contribution in [-0.2, 0) is 13.1 Å². The van der Waals surface area contributed by atoms with E-state index in [0.717, 1.165) is 28.0 Å². The number of anilines is 1. The van der Waals surface area contributed by atoms with Crippen LogP contribution in [0.3, 0.4) is 0 Å². The summed E-state index contributed by atoms with van der Waals surface area (Å²) in [5, 5.41) is 4.27. The first-order chi connectivity index (χ1) is 14.6. The minimum Gasteiger partial charge on any atom is -0.364 e. The zero-order valence-corrected chi connectivity index (χ0v) is 16.9. The van der Waals surface area contributed by atoms with Crippen LogP contribution < -0.4 is 5.32 Å². The predicted octanol–water partition coefficient (Wildman–Crippen LogP) is 3.61. The van der Waals surface area contributed by atoms with Crippen molar-refractivity contribution in [1.82, 2.24) is 24.8 Å². The first-order valence-corrected chi connectivity index (χ1v) is 9.66. The van der Waals surface area contributed by atoms with Gasteiger partial charge in [-0.3, -0.25) is 19.7 Å². The Morgan fingerprint density at radius 1 is 0.933 bits per heavy atom. The van der Waals surface area contributed by atoms with Gasteiger partial charge < -0.3 is 10.2 Å². The van der Waals surface area contributed by atoms with Crippen molar-refractivity contribution < 1.29 is 4.79 Å². The lowest BCUT2D eigenvalue weighted by Gasteiger charge is -2.17. The Labute approximate surface area is 174 Å². The summed E-state index contributed by atoms with van der Waals surface area (Å²) < 4.78 is 0. The van der Waals surface area contributed by atoms with Crippen LogP contribution in [0.2, 0.25) is 0 Å². The van der Waals surface area contributed by atoms with Gasteiger partial charge in [0, 0.05) is 24.8 Å². The molecule has 0 fully saturated rings. The highest BCUT2D eigenvalue weighted by atomic mass is 16.2. The van der Waals surface area contributed by atoms with Crippen molar-refractivity contribution in [3.8, 4) is 0 Å². The van der Waals surface area contributed by atoms with E-state index in [4.69, 9.17) is 0 Å². The van der Waals surface area contributed by atoms with E-state index in [2.05, 4.69) is 25.3 Å². The van der Waals surface area contributed by atoms with Crippen molar-refractivity contribution in [2.24, 2.45) is 0 Å². The largest absolute Gasteiger partial charge is 0.364 e. The molecule has 3 aromatic heterocycles. The first kappa shape index (κ1) is 19.4. The van der Waals surface area contributed by atoms with Gasteiger partial charge in [-0.25, -0.2) is 4.98 Å². The second-order valence-corrected chi connectivity index (χ2v) is 7.09. The molecule has 4 rings (SSSR count). The average Bonchev–Trinajstić information content (AvgIpc) is 2.78. The van der Waals surface area contributed by atoms with Gasteiger partial charge in [-0.15, -0.1) is 0 Å². The average molecular weight is 398 g/mol. The fourth-order valence-electron chi connectivity index (χ4n) is 3.05. The Bertz CT molecular complexity index is 1160. The number of hydrogen-bond donors (Lipinski definition) is 1. The number of rotatable bonds is 6. The van der Waals surface area contributed by atoms with E-state index in [-0.39, 0.29) is 5.91 Å². The molecule has 0 saturated heterocycles. The summed E-state index contributed by atoms with van der Waals surface area (Å²) in [6.45, 7) is 2.84. The molecule has 0 radical (unpaired) electrons. The topological polar surface area (TPSA) is 83.9 Å². The van der Waals surface area contributed by atoms with E-state index in [9.17, 15) is 4.79 Å². The van der Waals surface area contributed by atoms with Crippen molar-refractivity contribution in [1.29, 1.82) is 0 Å². The standard InChI is InChI=1S/C23H22N6O/c1-16-11-25-20(13-24-16)14-27-22-10-8-18(12-26-22)23(30)29(2)15-19-9-7-17-5-3-4-6-21(17)28-19/h3-13H,14-15H2,1-2H3,(H,26,27). The third kappa shape index (κ3) is 4.57. The Hall–Kier alpha value is -3.87. The molecule has 0 aliphatic rings. The van der Waals surface area contributed by atoms with Gasteiger partial charge in [0.2, 0.25) is 0 Å². The number of amides is 1. The van der Waals surface area contributed by atoms with Gasteiger partial charge in [0.05, 0.1) is 47.4 Å². The van der Waals surface area contributed by atoms with Crippen molar-refractivity contribution in [2.75, 3.05) is 12.4 Å². The van der Waals surface area contributed by atoms with E-state index in [1.807, 2.05) is 43.3 Å². The summed E-state index contributed by atoms with van der Waals surface area (Å²) in [7, 11) is 1.77. The fraction of sp³-hybridized carbons (Fsp3) is 0.174. The van der Waals surface area contributed by atoms with E-state index >= 15 is 0 Å². The quantitative estimate of drug-likeness (QED) is 0.534.